The number of carbonyl (C=O) groups excluding carboxylic acids is 2. The average molecular weight is 420 g/mol. The topological polar surface area (TPSA) is 69.3 Å². The number of nitrogens with one attached hydrogen (secondary N) is 1. The zero-order chi connectivity index (χ0) is 21.5. The minimum Gasteiger partial charge on any atom is -0.338 e. The maximum absolute atomic E-state index is 12.9. The molecule has 2 aliphatic rings. The molecule has 3 heterocycles. The van der Waals surface area contributed by atoms with Crippen molar-refractivity contribution in [1.29, 1.82) is 0 Å². The Balaban J connectivity index is 1.44. The molecule has 2 fully saturated rings. The summed E-state index contributed by atoms with van der Waals surface area (Å²) in [6.07, 6.45) is -2.03. The Hall–Kier alpha value is -2.84. The number of amides is 2. The number of H-pyrrole nitrogens is 1. The van der Waals surface area contributed by atoms with E-state index in [9.17, 15) is 22.8 Å². The van der Waals surface area contributed by atoms with Crippen molar-refractivity contribution in [3.8, 4) is 0 Å². The summed E-state index contributed by atoms with van der Waals surface area (Å²) in [6, 6.07) is 6.11. The molecule has 2 aliphatic heterocycles. The van der Waals surface area contributed by atoms with Crippen LogP contribution in [0, 0.1) is 12.8 Å². The van der Waals surface area contributed by atoms with Gasteiger partial charge >= 0.3 is 6.18 Å². The summed E-state index contributed by atoms with van der Waals surface area (Å²) in [5, 5.41) is 6.87. The summed E-state index contributed by atoms with van der Waals surface area (Å²) in [7, 11) is 0. The highest BCUT2D eigenvalue weighted by Gasteiger charge is 2.40. The van der Waals surface area contributed by atoms with Gasteiger partial charge in [-0.15, -0.1) is 0 Å². The van der Waals surface area contributed by atoms with Crippen molar-refractivity contribution in [1.82, 2.24) is 20.0 Å². The van der Waals surface area contributed by atoms with Gasteiger partial charge in [-0.25, -0.2) is 0 Å². The molecule has 2 saturated heterocycles. The van der Waals surface area contributed by atoms with Crippen LogP contribution in [0.1, 0.15) is 51.4 Å². The second-order valence-corrected chi connectivity index (χ2v) is 8.02. The lowest BCUT2D eigenvalue weighted by Crippen LogP contribution is -2.56. The molecule has 0 aliphatic carbocycles. The Bertz CT molecular complexity index is 938. The zero-order valence-electron chi connectivity index (χ0n) is 16.6. The molecule has 6 nitrogen and oxygen atoms in total. The Labute approximate surface area is 172 Å². The van der Waals surface area contributed by atoms with Crippen LogP contribution in [0.5, 0.6) is 0 Å². The lowest BCUT2D eigenvalue weighted by Gasteiger charge is -2.47. The van der Waals surface area contributed by atoms with Crippen molar-refractivity contribution in [2.75, 3.05) is 19.6 Å². The molecule has 1 aromatic carbocycles. The van der Waals surface area contributed by atoms with Crippen molar-refractivity contribution < 1.29 is 22.8 Å². The van der Waals surface area contributed by atoms with E-state index in [0.29, 0.717) is 31.7 Å². The maximum Gasteiger partial charge on any atom is 0.416 e. The first-order chi connectivity index (χ1) is 14.2. The number of alkyl halides is 3. The van der Waals surface area contributed by atoms with Gasteiger partial charge in [-0.1, -0.05) is 0 Å². The number of nitrogens with zero attached hydrogens (tertiary/aromatic N) is 3. The molecular weight excluding hydrogens is 397 g/mol. The van der Waals surface area contributed by atoms with E-state index in [-0.39, 0.29) is 29.3 Å². The molecule has 1 aromatic heterocycles. The standard InChI is InChI=1S/C21H23F3N4O2/c1-13-11-17(26-25-13)20(30)28-9-2-3-15-12-27(10-8-18(15)28)19(29)14-4-6-16(7-5-14)21(22,23)24/h4-7,11,15,18H,2-3,8-10,12H2,1H3,(H,25,26)/t15-,18+/m1/s1. The van der Waals surface area contributed by atoms with Crippen LogP contribution in [0.25, 0.3) is 0 Å². The number of halogens is 3. The van der Waals surface area contributed by atoms with Gasteiger partial charge in [-0.05, 0) is 62.4 Å². The highest BCUT2D eigenvalue weighted by atomic mass is 19.4. The normalized spacial score (nSPS) is 22.0. The molecule has 0 spiro atoms. The number of carbonyl (C=O) groups is 2. The highest BCUT2D eigenvalue weighted by molar-refractivity contribution is 5.94. The van der Waals surface area contributed by atoms with Gasteiger partial charge < -0.3 is 9.80 Å². The third kappa shape index (κ3) is 3.93. The quantitative estimate of drug-likeness (QED) is 0.809. The third-order valence-corrected chi connectivity index (χ3v) is 6.00. The molecule has 160 valence electrons. The Morgan fingerprint density at radius 3 is 2.47 bits per heavy atom. The fourth-order valence-corrected chi connectivity index (χ4v) is 4.50. The van der Waals surface area contributed by atoms with E-state index in [1.54, 1.807) is 11.0 Å². The van der Waals surface area contributed by atoms with Gasteiger partial charge in [0, 0.05) is 36.9 Å². The van der Waals surface area contributed by atoms with Crippen molar-refractivity contribution in [3.63, 3.8) is 0 Å². The molecular formula is C21H23F3N4O2. The Morgan fingerprint density at radius 1 is 1.10 bits per heavy atom. The highest BCUT2D eigenvalue weighted by Crippen LogP contribution is 2.33. The average Bonchev–Trinajstić information content (AvgIpc) is 3.17. The first-order valence-corrected chi connectivity index (χ1v) is 10.0. The van der Waals surface area contributed by atoms with Crippen molar-refractivity contribution >= 4 is 11.8 Å². The van der Waals surface area contributed by atoms with Gasteiger partial charge in [0.2, 0.25) is 0 Å². The molecule has 9 heteroatoms. The Morgan fingerprint density at radius 2 is 1.83 bits per heavy atom. The number of aryl methyl sites for hydroxylation is 1. The second kappa shape index (κ2) is 7.77. The molecule has 0 unspecified atom stereocenters. The van der Waals surface area contributed by atoms with E-state index in [1.807, 2.05) is 11.8 Å². The predicted molar refractivity (Wildman–Crippen MR) is 103 cm³/mol. The summed E-state index contributed by atoms with van der Waals surface area (Å²) in [6.45, 7) is 3.46. The van der Waals surface area contributed by atoms with E-state index in [0.717, 1.165) is 30.7 Å². The number of benzene rings is 1. The molecule has 0 saturated carbocycles. The summed E-state index contributed by atoms with van der Waals surface area (Å²) in [5.74, 6) is -0.222. The minimum absolute atomic E-state index is 0.0416. The molecule has 2 aromatic rings. The zero-order valence-corrected chi connectivity index (χ0v) is 16.6. The minimum atomic E-state index is -4.43. The summed E-state index contributed by atoms with van der Waals surface area (Å²) >= 11 is 0. The molecule has 30 heavy (non-hydrogen) atoms. The van der Waals surface area contributed by atoms with E-state index < -0.39 is 11.7 Å². The van der Waals surface area contributed by atoms with Crippen LogP contribution in [0.15, 0.2) is 30.3 Å². The van der Waals surface area contributed by atoms with Crippen LogP contribution >= 0.6 is 0 Å². The van der Waals surface area contributed by atoms with Gasteiger partial charge in [0.25, 0.3) is 11.8 Å². The van der Waals surface area contributed by atoms with Gasteiger partial charge in [-0.3, -0.25) is 14.7 Å². The van der Waals surface area contributed by atoms with E-state index in [4.69, 9.17) is 0 Å². The number of piperidine rings is 2. The van der Waals surface area contributed by atoms with Gasteiger partial charge in [0.15, 0.2) is 0 Å². The van der Waals surface area contributed by atoms with Gasteiger partial charge in [-0.2, -0.15) is 18.3 Å². The van der Waals surface area contributed by atoms with Crippen LogP contribution in [0.2, 0.25) is 0 Å². The molecule has 0 bridgehead atoms. The molecule has 2 amide bonds. The van der Waals surface area contributed by atoms with Crippen LogP contribution in [-0.2, 0) is 6.18 Å². The smallest absolute Gasteiger partial charge is 0.338 e. The van der Waals surface area contributed by atoms with Gasteiger partial charge in [0.1, 0.15) is 5.69 Å². The van der Waals surface area contributed by atoms with Crippen molar-refractivity contribution in [2.45, 2.75) is 38.4 Å². The molecule has 0 radical (unpaired) electrons. The molecule has 4 rings (SSSR count). The van der Waals surface area contributed by atoms with Crippen molar-refractivity contribution in [2.24, 2.45) is 5.92 Å². The third-order valence-electron chi connectivity index (χ3n) is 6.00. The van der Waals surface area contributed by atoms with Crippen LogP contribution in [-0.4, -0.2) is 57.5 Å². The first-order valence-electron chi connectivity index (χ1n) is 10.0. The monoisotopic (exact) mass is 420 g/mol. The number of rotatable bonds is 2. The summed E-state index contributed by atoms with van der Waals surface area (Å²) in [5.41, 5.74) is 0.699. The number of fused-ring (bicyclic) bond motifs is 1. The lowest BCUT2D eigenvalue weighted by molar-refractivity contribution is -0.137. The van der Waals surface area contributed by atoms with Crippen molar-refractivity contribution in [3.05, 3.63) is 52.8 Å². The number of hydrogen-bond acceptors (Lipinski definition) is 3. The Kier molecular flexibility index (Phi) is 5.29. The molecule has 2 atom stereocenters. The van der Waals surface area contributed by atoms with Crippen LogP contribution < -0.4 is 0 Å². The maximum atomic E-state index is 12.9. The number of hydrogen-bond donors (Lipinski definition) is 1. The predicted octanol–water partition coefficient (Wildman–Crippen LogP) is 3.50. The fraction of sp³-hybridized carbons (Fsp3) is 0.476. The number of aromatic amines is 1. The second-order valence-electron chi connectivity index (χ2n) is 8.02. The first kappa shape index (κ1) is 20.4. The lowest BCUT2D eigenvalue weighted by atomic mass is 9.83. The van der Waals surface area contributed by atoms with Crippen LogP contribution in [0.3, 0.4) is 0 Å². The number of aromatic nitrogens is 2. The van der Waals surface area contributed by atoms with E-state index >= 15 is 0 Å². The largest absolute Gasteiger partial charge is 0.416 e. The summed E-state index contributed by atoms with van der Waals surface area (Å²) < 4.78 is 38.3. The number of likely N-dealkylation sites (tertiary alicyclic amines) is 2. The van der Waals surface area contributed by atoms with E-state index in [1.165, 1.54) is 12.1 Å². The van der Waals surface area contributed by atoms with Gasteiger partial charge in [0.05, 0.1) is 5.56 Å². The summed E-state index contributed by atoms with van der Waals surface area (Å²) in [4.78, 5) is 29.3. The van der Waals surface area contributed by atoms with Crippen LogP contribution in [0.4, 0.5) is 13.2 Å². The van der Waals surface area contributed by atoms with E-state index in [2.05, 4.69) is 10.2 Å². The fourth-order valence-electron chi connectivity index (χ4n) is 4.50. The SMILES string of the molecule is Cc1cc(C(=O)N2CCC[C@@H]3CN(C(=O)c4ccc(C(F)(F)F)cc4)CC[C@@H]32)n[nH]1. The molecule has 1 N–H and O–H groups in total.